The van der Waals surface area contributed by atoms with Gasteiger partial charge in [-0.05, 0) is 34.1 Å². The topological polar surface area (TPSA) is 135 Å². The normalized spacial score (nSPS) is 20.1. The number of thiazole rings is 1. The van der Waals surface area contributed by atoms with Crippen molar-refractivity contribution in [2.24, 2.45) is 5.73 Å². The number of aromatic nitrogens is 3. The van der Waals surface area contributed by atoms with E-state index in [0.29, 0.717) is 47.0 Å². The molecular weight excluding hydrogens is 543 g/mol. The first-order valence-corrected chi connectivity index (χ1v) is 12.4. The van der Waals surface area contributed by atoms with Crippen LogP contribution in [0.4, 0.5) is 9.18 Å². The summed E-state index contributed by atoms with van der Waals surface area (Å²) in [5, 5.41) is 12.5. The minimum Gasteiger partial charge on any atom is -0.478 e. The van der Waals surface area contributed by atoms with Gasteiger partial charge in [0.2, 0.25) is 0 Å². The number of ether oxygens (including phenoxy) is 1. The molecule has 2 aliphatic rings. The van der Waals surface area contributed by atoms with Gasteiger partial charge >= 0.3 is 12.0 Å². The van der Waals surface area contributed by atoms with Gasteiger partial charge in [-0.2, -0.15) is 0 Å². The first-order chi connectivity index (χ1) is 16.8. The molecule has 0 saturated carbocycles. The third-order valence-corrected chi connectivity index (χ3v) is 7.50. The molecule has 5 rings (SSSR count). The number of nitrogens with zero attached hydrogens (tertiary/aromatic N) is 5. The van der Waals surface area contributed by atoms with Crippen LogP contribution in [-0.4, -0.2) is 80.2 Å². The average Bonchev–Trinajstić information content (AvgIpc) is 3.33. The largest absolute Gasteiger partial charge is 0.478 e. The first-order valence-electron chi connectivity index (χ1n) is 10.7. The summed E-state index contributed by atoms with van der Waals surface area (Å²) < 4.78 is 19.9. The Hall–Kier alpha value is -3.00. The number of aromatic carboxylic acids is 1. The highest BCUT2D eigenvalue weighted by Crippen LogP contribution is 2.34. The van der Waals surface area contributed by atoms with E-state index in [1.54, 1.807) is 16.5 Å². The Morgan fingerprint density at radius 2 is 2.00 bits per heavy atom. The highest BCUT2D eigenvalue weighted by molar-refractivity contribution is 9.10. The third kappa shape index (κ3) is 4.63. The number of hydrogen-bond donors (Lipinski definition) is 2. The van der Waals surface area contributed by atoms with Gasteiger partial charge in [0, 0.05) is 41.2 Å². The molecule has 2 aromatic heterocycles. The molecule has 2 fully saturated rings. The molecule has 2 unspecified atom stereocenters. The lowest BCUT2D eigenvalue weighted by Crippen LogP contribution is -2.65. The summed E-state index contributed by atoms with van der Waals surface area (Å²) in [6.07, 6.45) is 1.62. The highest BCUT2D eigenvalue weighted by atomic mass is 79.9. The summed E-state index contributed by atoms with van der Waals surface area (Å²) >= 11 is 4.67. The van der Waals surface area contributed by atoms with Gasteiger partial charge < -0.3 is 20.5 Å². The fourth-order valence-electron chi connectivity index (χ4n) is 4.49. The van der Waals surface area contributed by atoms with Gasteiger partial charge in [-0.25, -0.2) is 28.9 Å². The van der Waals surface area contributed by atoms with Gasteiger partial charge in [0.1, 0.15) is 11.4 Å². The molecule has 10 nitrogen and oxygen atoms in total. The lowest BCUT2D eigenvalue weighted by atomic mass is 10.0. The smallest absolute Gasteiger partial charge is 0.339 e. The lowest BCUT2D eigenvalue weighted by Gasteiger charge is -2.49. The monoisotopic (exact) mass is 562 g/mol. The lowest BCUT2D eigenvalue weighted by molar-refractivity contribution is -0.0919. The second-order valence-corrected chi connectivity index (χ2v) is 9.99. The van der Waals surface area contributed by atoms with E-state index in [-0.39, 0.29) is 35.7 Å². The Morgan fingerprint density at radius 3 is 2.60 bits per heavy atom. The number of rotatable bonds is 5. The Kier molecular flexibility index (Phi) is 6.49. The third-order valence-electron chi connectivity index (χ3n) is 6.07. The molecule has 182 valence electrons. The van der Waals surface area contributed by atoms with Crippen molar-refractivity contribution in [3.05, 3.63) is 51.3 Å². The number of morpholine rings is 1. The van der Waals surface area contributed by atoms with Crippen molar-refractivity contribution in [3.8, 4) is 22.1 Å². The summed E-state index contributed by atoms with van der Waals surface area (Å²) in [5.74, 6) is -1.38. The van der Waals surface area contributed by atoms with E-state index in [1.807, 2.05) is 0 Å². The van der Waals surface area contributed by atoms with Crippen LogP contribution in [0.1, 0.15) is 16.1 Å². The molecule has 35 heavy (non-hydrogen) atoms. The van der Waals surface area contributed by atoms with Gasteiger partial charge in [0.25, 0.3) is 0 Å². The molecule has 4 heterocycles. The minimum atomic E-state index is -1.20. The van der Waals surface area contributed by atoms with Crippen LogP contribution in [0.3, 0.4) is 0 Å². The van der Waals surface area contributed by atoms with Crippen LogP contribution in [0.5, 0.6) is 0 Å². The molecule has 13 heteroatoms. The van der Waals surface area contributed by atoms with Crippen LogP contribution in [-0.2, 0) is 11.3 Å². The Morgan fingerprint density at radius 1 is 1.26 bits per heavy atom. The number of primary amides is 1. The Bertz CT molecular complexity index is 1280. The van der Waals surface area contributed by atoms with Gasteiger partial charge in [-0.1, -0.05) is 0 Å². The van der Waals surface area contributed by atoms with Crippen LogP contribution >= 0.6 is 27.3 Å². The number of amides is 2. The molecule has 0 aliphatic carbocycles. The molecule has 3 N–H and O–H groups in total. The molecule has 3 aromatic rings. The number of carbonyl (C=O) groups is 2. The number of carbonyl (C=O) groups excluding carboxylic acids is 1. The Balaban J connectivity index is 1.63. The number of piperazine rings is 1. The molecule has 2 amide bonds. The predicted molar refractivity (Wildman–Crippen MR) is 128 cm³/mol. The number of nitrogens with two attached hydrogens (primary N) is 1. The maximum Gasteiger partial charge on any atom is 0.339 e. The van der Waals surface area contributed by atoms with E-state index >= 15 is 0 Å². The molecule has 2 aliphatic heterocycles. The second kappa shape index (κ2) is 9.57. The Labute approximate surface area is 211 Å². The molecule has 1 aromatic carbocycles. The summed E-state index contributed by atoms with van der Waals surface area (Å²) in [6.45, 7) is 1.69. The first kappa shape index (κ1) is 23.7. The van der Waals surface area contributed by atoms with Crippen LogP contribution in [0.15, 0.2) is 34.2 Å². The van der Waals surface area contributed by atoms with Crippen molar-refractivity contribution < 1.29 is 23.8 Å². The zero-order valence-corrected chi connectivity index (χ0v) is 20.6. The van der Waals surface area contributed by atoms with Crippen molar-refractivity contribution in [1.82, 2.24) is 24.8 Å². The zero-order valence-electron chi connectivity index (χ0n) is 18.2. The van der Waals surface area contributed by atoms with Gasteiger partial charge in [-0.3, -0.25) is 4.90 Å². The molecule has 0 spiro atoms. The van der Waals surface area contributed by atoms with Crippen molar-refractivity contribution in [3.63, 3.8) is 0 Å². The van der Waals surface area contributed by atoms with Crippen molar-refractivity contribution in [2.45, 2.75) is 18.6 Å². The van der Waals surface area contributed by atoms with E-state index in [2.05, 4.69) is 35.8 Å². The van der Waals surface area contributed by atoms with Crippen molar-refractivity contribution in [2.75, 3.05) is 26.3 Å². The van der Waals surface area contributed by atoms with E-state index in [0.717, 1.165) is 0 Å². The number of fused-ring (bicyclic) bond motifs is 2. The van der Waals surface area contributed by atoms with Gasteiger partial charge in [0.15, 0.2) is 10.8 Å². The minimum absolute atomic E-state index is 0.0751. The van der Waals surface area contributed by atoms with Crippen LogP contribution in [0.2, 0.25) is 0 Å². The summed E-state index contributed by atoms with van der Waals surface area (Å²) in [5.41, 5.74) is 6.32. The SMILES string of the molecule is NC(=O)N1CC2COCC(C1)N2Cc1nc(-c2nccs2)nc(-c2ccc(F)cc2Br)c1C(=O)O. The number of carboxylic acid groups (broad SMARTS) is 1. The fraction of sp³-hybridized carbons (Fsp3) is 0.318. The number of benzene rings is 1. The summed E-state index contributed by atoms with van der Waals surface area (Å²) in [4.78, 5) is 41.5. The van der Waals surface area contributed by atoms with Crippen LogP contribution in [0.25, 0.3) is 22.1 Å². The van der Waals surface area contributed by atoms with Crippen LogP contribution < -0.4 is 5.73 Å². The quantitative estimate of drug-likeness (QED) is 0.484. The van der Waals surface area contributed by atoms with E-state index < -0.39 is 17.8 Å². The average molecular weight is 563 g/mol. The summed E-state index contributed by atoms with van der Waals surface area (Å²) in [7, 11) is 0. The molecule has 2 bridgehead atoms. The number of hydrogen-bond acceptors (Lipinski definition) is 8. The van der Waals surface area contributed by atoms with E-state index in [1.165, 1.54) is 29.5 Å². The summed E-state index contributed by atoms with van der Waals surface area (Å²) in [6, 6.07) is 3.16. The maximum atomic E-state index is 13.8. The van der Waals surface area contributed by atoms with Crippen molar-refractivity contribution in [1.29, 1.82) is 0 Å². The molecule has 2 atom stereocenters. The number of urea groups is 1. The maximum absolute atomic E-state index is 13.8. The number of carboxylic acids is 1. The van der Waals surface area contributed by atoms with Crippen LogP contribution in [0, 0.1) is 5.82 Å². The van der Waals surface area contributed by atoms with E-state index in [4.69, 9.17) is 10.5 Å². The second-order valence-electron chi connectivity index (χ2n) is 8.24. The standard InChI is InChI=1S/C22H20BrFN6O4S/c23-15-5-11(24)1-2-14(15)18-17(21(31)32)16(27-19(28-18)20-26-3-4-35-20)8-30-12-6-29(22(25)33)7-13(30)10-34-9-12/h1-5,12-13H,6-10H2,(H2,25,33)(H,31,32). The molecule has 2 saturated heterocycles. The van der Waals surface area contributed by atoms with Gasteiger partial charge in [-0.15, -0.1) is 11.3 Å². The molecule has 0 radical (unpaired) electrons. The fourth-order valence-corrected chi connectivity index (χ4v) is 5.60. The van der Waals surface area contributed by atoms with Crippen molar-refractivity contribution >= 4 is 39.3 Å². The van der Waals surface area contributed by atoms with E-state index in [9.17, 15) is 19.1 Å². The highest BCUT2D eigenvalue weighted by Gasteiger charge is 2.40. The zero-order chi connectivity index (χ0) is 24.7. The predicted octanol–water partition coefficient (Wildman–Crippen LogP) is 2.83. The number of halogens is 2. The van der Waals surface area contributed by atoms with Gasteiger partial charge in [0.05, 0.1) is 36.7 Å². The molecular formula is C22H20BrFN6O4S.